The number of rotatable bonds is 3. The van der Waals surface area contributed by atoms with Crippen LogP contribution >= 0.6 is 0 Å². The van der Waals surface area contributed by atoms with E-state index >= 15 is 0 Å². The number of aromatic amines is 1. The number of para-hydroxylation sites is 1. The normalized spacial score (nSPS) is 11.5. The van der Waals surface area contributed by atoms with Crippen molar-refractivity contribution in [3.8, 4) is 5.69 Å². The predicted molar refractivity (Wildman–Crippen MR) is 88.6 cm³/mol. The molecule has 0 saturated carbocycles. The molecule has 0 bridgehead atoms. The van der Waals surface area contributed by atoms with Crippen molar-refractivity contribution in [2.75, 3.05) is 11.0 Å². The molecule has 3 rings (SSSR count). The second-order valence-corrected chi connectivity index (χ2v) is 6.79. The van der Waals surface area contributed by atoms with Gasteiger partial charge in [0.25, 0.3) is 5.56 Å². The maximum Gasteiger partial charge on any atom is 0.333 e. The Morgan fingerprint density at radius 2 is 1.78 bits per heavy atom. The number of benzene rings is 2. The zero-order valence-electron chi connectivity index (χ0n) is 12.1. The van der Waals surface area contributed by atoms with Gasteiger partial charge in [0.15, 0.2) is 0 Å². The van der Waals surface area contributed by atoms with Crippen LogP contribution in [0.3, 0.4) is 0 Å². The van der Waals surface area contributed by atoms with E-state index in [4.69, 9.17) is 0 Å². The average Bonchev–Trinajstić information content (AvgIpc) is 2.46. The molecule has 2 N–H and O–H groups in total. The lowest BCUT2D eigenvalue weighted by atomic mass is 10.2. The molecule has 0 radical (unpaired) electrons. The van der Waals surface area contributed by atoms with E-state index in [9.17, 15) is 18.0 Å². The Kier molecular flexibility index (Phi) is 3.53. The van der Waals surface area contributed by atoms with Gasteiger partial charge >= 0.3 is 5.69 Å². The van der Waals surface area contributed by atoms with Crippen molar-refractivity contribution in [2.24, 2.45) is 0 Å². The van der Waals surface area contributed by atoms with Crippen LogP contribution in [-0.2, 0) is 10.0 Å². The zero-order chi connectivity index (χ0) is 16.6. The van der Waals surface area contributed by atoms with Crippen molar-refractivity contribution in [2.45, 2.75) is 0 Å². The molecule has 0 saturated heterocycles. The van der Waals surface area contributed by atoms with Crippen LogP contribution in [0.5, 0.6) is 0 Å². The fraction of sp³-hybridized carbons (Fsp3) is 0.0667. The van der Waals surface area contributed by atoms with Gasteiger partial charge in [-0.1, -0.05) is 18.2 Å². The summed E-state index contributed by atoms with van der Waals surface area (Å²) in [6, 6.07) is 12.7. The second kappa shape index (κ2) is 5.40. The van der Waals surface area contributed by atoms with Crippen molar-refractivity contribution >= 4 is 26.6 Å². The van der Waals surface area contributed by atoms with E-state index < -0.39 is 21.3 Å². The van der Waals surface area contributed by atoms with Gasteiger partial charge in [0, 0.05) is 0 Å². The van der Waals surface area contributed by atoms with Gasteiger partial charge in [0.05, 0.1) is 28.5 Å². The summed E-state index contributed by atoms with van der Waals surface area (Å²) in [5, 5.41) is 0.369. The molecule has 0 aliphatic carbocycles. The van der Waals surface area contributed by atoms with Gasteiger partial charge in [-0.15, -0.1) is 0 Å². The van der Waals surface area contributed by atoms with E-state index in [1.807, 2.05) is 0 Å². The largest absolute Gasteiger partial charge is 0.333 e. The first-order chi connectivity index (χ1) is 10.8. The first kappa shape index (κ1) is 15.0. The van der Waals surface area contributed by atoms with Gasteiger partial charge in [0.1, 0.15) is 0 Å². The lowest BCUT2D eigenvalue weighted by molar-refractivity contribution is 0.607. The number of anilines is 1. The average molecular weight is 331 g/mol. The zero-order valence-corrected chi connectivity index (χ0v) is 12.9. The number of fused-ring (bicyclic) bond motifs is 1. The maximum absolute atomic E-state index is 12.6. The molecule has 8 heteroatoms. The fourth-order valence-electron chi connectivity index (χ4n) is 2.32. The number of sulfonamides is 1. The third-order valence-corrected chi connectivity index (χ3v) is 3.82. The van der Waals surface area contributed by atoms with E-state index in [0.717, 1.165) is 10.8 Å². The Hall–Kier alpha value is -2.87. The van der Waals surface area contributed by atoms with Crippen LogP contribution in [0.2, 0.25) is 0 Å². The number of hydrogen-bond donors (Lipinski definition) is 2. The van der Waals surface area contributed by atoms with Gasteiger partial charge < -0.3 is 4.98 Å². The summed E-state index contributed by atoms with van der Waals surface area (Å²) in [4.78, 5) is 27.4. The third kappa shape index (κ3) is 3.02. The predicted octanol–water partition coefficient (Wildman–Crippen LogP) is 1.05. The van der Waals surface area contributed by atoms with Crippen LogP contribution in [-0.4, -0.2) is 24.2 Å². The van der Waals surface area contributed by atoms with E-state index in [2.05, 4.69) is 9.71 Å². The van der Waals surface area contributed by atoms with Crippen LogP contribution in [0.4, 0.5) is 5.69 Å². The molecule has 0 unspecified atom stereocenters. The van der Waals surface area contributed by atoms with Gasteiger partial charge in [-0.3, -0.25) is 9.52 Å². The maximum atomic E-state index is 12.6. The molecule has 118 valence electrons. The summed E-state index contributed by atoms with van der Waals surface area (Å²) in [6.07, 6.45) is 1.02. The Balaban J connectivity index is 2.23. The number of nitrogens with one attached hydrogen (secondary N) is 2. The molecule has 3 aromatic rings. The van der Waals surface area contributed by atoms with Crippen LogP contribution in [0.15, 0.2) is 58.1 Å². The highest BCUT2D eigenvalue weighted by Crippen LogP contribution is 2.14. The molecule has 0 spiro atoms. The quantitative estimate of drug-likeness (QED) is 0.749. The highest BCUT2D eigenvalue weighted by molar-refractivity contribution is 7.92. The van der Waals surface area contributed by atoms with Crippen molar-refractivity contribution in [1.29, 1.82) is 0 Å². The standard InChI is InChI=1S/C15H13N3O4S/c1-23(21,22)17-10-5-4-6-11(9-10)18-14(19)12-7-2-3-8-13(12)16-15(18)20/h2-9,17H,1H3,(H,16,20). The lowest BCUT2D eigenvalue weighted by Crippen LogP contribution is -2.33. The molecule has 2 aromatic carbocycles. The second-order valence-electron chi connectivity index (χ2n) is 5.04. The molecule has 1 aromatic heterocycles. The third-order valence-electron chi connectivity index (χ3n) is 3.21. The molecule has 0 atom stereocenters. The van der Waals surface area contributed by atoms with E-state index in [0.29, 0.717) is 10.9 Å². The highest BCUT2D eigenvalue weighted by Gasteiger charge is 2.10. The van der Waals surface area contributed by atoms with Crippen molar-refractivity contribution in [3.63, 3.8) is 0 Å². The molecule has 0 aliphatic heterocycles. The van der Waals surface area contributed by atoms with Crippen molar-refractivity contribution < 1.29 is 8.42 Å². The number of hydrogen-bond acceptors (Lipinski definition) is 4. The molecular weight excluding hydrogens is 318 g/mol. The first-order valence-electron chi connectivity index (χ1n) is 6.67. The van der Waals surface area contributed by atoms with E-state index in [1.165, 1.54) is 12.1 Å². The lowest BCUT2D eigenvalue weighted by Gasteiger charge is -2.09. The molecule has 7 nitrogen and oxygen atoms in total. The van der Waals surface area contributed by atoms with Crippen molar-refractivity contribution in [3.05, 3.63) is 69.4 Å². The minimum atomic E-state index is -3.45. The Labute approximate surface area is 131 Å². The monoisotopic (exact) mass is 331 g/mol. The minimum Gasteiger partial charge on any atom is -0.306 e. The summed E-state index contributed by atoms with van der Waals surface area (Å²) in [6.45, 7) is 0. The van der Waals surface area contributed by atoms with Gasteiger partial charge in [-0.2, -0.15) is 0 Å². The van der Waals surface area contributed by atoms with E-state index in [1.54, 1.807) is 36.4 Å². The highest BCUT2D eigenvalue weighted by atomic mass is 32.2. The molecule has 0 amide bonds. The van der Waals surface area contributed by atoms with Crippen LogP contribution < -0.4 is 16.0 Å². The summed E-state index contributed by atoms with van der Waals surface area (Å²) in [5.41, 5.74) is -0.0738. The Morgan fingerprint density at radius 1 is 1.04 bits per heavy atom. The number of nitrogens with zero attached hydrogens (tertiary/aromatic N) is 1. The molecule has 0 fully saturated rings. The summed E-state index contributed by atoms with van der Waals surface area (Å²) in [7, 11) is -3.45. The van der Waals surface area contributed by atoms with Crippen LogP contribution in [0, 0.1) is 0 Å². The van der Waals surface area contributed by atoms with Crippen LogP contribution in [0.1, 0.15) is 0 Å². The van der Waals surface area contributed by atoms with Crippen LogP contribution in [0.25, 0.3) is 16.6 Å². The van der Waals surface area contributed by atoms with Gasteiger partial charge in [0.2, 0.25) is 10.0 Å². The smallest absolute Gasteiger partial charge is 0.306 e. The van der Waals surface area contributed by atoms with Gasteiger partial charge in [-0.05, 0) is 30.3 Å². The summed E-state index contributed by atoms with van der Waals surface area (Å²) < 4.78 is 25.9. The summed E-state index contributed by atoms with van der Waals surface area (Å²) in [5.74, 6) is 0. The Bertz CT molecular complexity index is 1110. The first-order valence-corrected chi connectivity index (χ1v) is 8.56. The SMILES string of the molecule is CS(=O)(=O)Nc1cccc(-n2c(=O)[nH]c3ccccc3c2=O)c1. The van der Waals surface area contributed by atoms with E-state index in [-0.39, 0.29) is 11.4 Å². The number of H-pyrrole nitrogens is 1. The number of aromatic nitrogens is 2. The topological polar surface area (TPSA) is 101 Å². The fourth-order valence-corrected chi connectivity index (χ4v) is 2.87. The van der Waals surface area contributed by atoms with Crippen molar-refractivity contribution in [1.82, 2.24) is 9.55 Å². The minimum absolute atomic E-state index is 0.268. The molecule has 23 heavy (non-hydrogen) atoms. The molecule has 0 aliphatic rings. The summed E-state index contributed by atoms with van der Waals surface area (Å²) >= 11 is 0. The molecular formula is C15H13N3O4S. The Morgan fingerprint density at radius 3 is 2.52 bits per heavy atom. The van der Waals surface area contributed by atoms with Gasteiger partial charge in [-0.25, -0.2) is 17.8 Å². The molecule has 1 heterocycles.